The molecule has 1 amide bonds. The Hall–Kier alpha value is -1.87. The maximum Gasteiger partial charge on any atom is 0.408 e. The smallest absolute Gasteiger partial charge is 0.408 e. The number of Topliss-reactive ketones (excluding diaryl/α,β-unsaturated/α-hetero) is 1. The highest BCUT2D eigenvalue weighted by molar-refractivity contribution is 6.00. The number of nitrogens with one attached hydrogen (secondary N) is 3. The summed E-state index contributed by atoms with van der Waals surface area (Å²) >= 11 is 0. The summed E-state index contributed by atoms with van der Waals surface area (Å²) in [6.45, 7) is 13.9. The van der Waals surface area contributed by atoms with Gasteiger partial charge >= 0.3 is 12.1 Å². The first-order chi connectivity index (χ1) is 21.0. The number of esters is 1. The van der Waals surface area contributed by atoms with Crippen LogP contribution in [0, 0.1) is 17.8 Å². The molecule has 0 spiro atoms. The van der Waals surface area contributed by atoms with Crippen molar-refractivity contribution in [3.63, 3.8) is 0 Å². The number of methoxy groups -OCH3 is 1. The number of fused-ring (bicyclic) bond motifs is 1. The molecule has 0 aliphatic carbocycles. The van der Waals surface area contributed by atoms with Crippen LogP contribution in [0.3, 0.4) is 0 Å². The van der Waals surface area contributed by atoms with Gasteiger partial charge in [0, 0.05) is 31.7 Å². The second kappa shape index (κ2) is 15.4. The second-order valence-electron chi connectivity index (χ2n) is 14.0. The molecule has 0 aromatic carbocycles. The third kappa shape index (κ3) is 8.17. The fraction of sp³-hybridized carbons (Fsp3) is 0.906. The number of likely N-dealkylation sites (N-methyl/N-ethyl adjacent to an activating group) is 2. The second-order valence-corrected chi connectivity index (χ2v) is 14.0. The number of carbonyl (C=O) groups excluding carboxylic acids is 3. The predicted molar refractivity (Wildman–Crippen MR) is 168 cm³/mol. The Kier molecular flexibility index (Phi) is 12.8. The van der Waals surface area contributed by atoms with E-state index in [0.29, 0.717) is 32.4 Å². The van der Waals surface area contributed by atoms with Gasteiger partial charge in [0.15, 0.2) is 17.7 Å². The summed E-state index contributed by atoms with van der Waals surface area (Å²) in [4.78, 5) is 42.1. The highest BCUT2D eigenvalue weighted by Gasteiger charge is 2.55. The quantitative estimate of drug-likeness (QED) is 0.235. The molecule has 45 heavy (non-hydrogen) atoms. The Bertz CT molecular complexity index is 1030. The van der Waals surface area contributed by atoms with E-state index in [0.717, 1.165) is 0 Å². The molecule has 3 saturated heterocycles. The van der Waals surface area contributed by atoms with Crippen LogP contribution in [0.15, 0.2) is 0 Å². The number of aliphatic hydroxyl groups excluding tert-OH is 1. The van der Waals surface area contributed by atoms with Gasteiger partial charge in [0.05, 0.1) is 23.9 Å². The van der Waals surface area contributed by atoms with Gasteiger partial charge in [-0.15, -0.1) is 0 Å². The summed E-state index contributed by atoms with van der Waals surface area (Å²) in [6.07, 6.45) is -3.06. The van der Waals surface area contributed by atoms with Crippen molar-refractivity contribution in [2.24, 2.45) is 17.8 Å². The van der Waals surface area contributed by atoms with E-state index in [-0.39, 0.29) is 29.9 Å². The van der Waals surface area contributed by atoms with Crippen LogP contribution in [-0.2, 0) is 33.3 Å². The van der Waals surface area contributed by atoms with Crippen molar-refractivity contribution in [2.45, 2.75) is 128 Å². The number of nitrogens with zero attached hydrogens (tertiary/aromatic N) is 1. The summed E-state index contributed by atoms with van der Waals surface area (Å²) in [6, 6.07) is -0.967. The van der Waals surface area contributed by atoms with Crippen LogP contribution in [0.1, 0.15) is 67.7 Å². The molecule has 3 unspecified atom stereocenters. The number of carbonyl (C=O) groups is 3. The van der Waals surface area contributed by atoms with Crippen LogP contribution in [0.2, 0.25) is 0 Å². The molecular formula is C32H58N4O9. The molecule has 0 bridgehead atoms. The fourth-order valence-corrected chi connectivity index (χ4v) is 7.38. The van der Waals surface area contributed by atoms with Gasteiger partial charge in [0.2, 0.25) is 0 Å². The highest BCUT2D eigenvalue weighted by atomic mass is 16.7. The standard InChI is InChI=1S/C32H58N4O9/c1-12-23-32(7)26(35-30(40)45-32)20(5)34-15-17(2)14-31(6,41-11)27(18(3)24(37)19(4)28(39)43-23)44-29-25(38)22(36(9)10)13-21(42-29)16-33-8/h17-23,25-27,29,33-34,38H,12-16H2,1-11H3,(H,35,40)/t17-,18+,19-,20-,21?,22?,23-,25?,26-,27-,29+,31-,32-/m1/s1. The lowest BCUT2D eigenvalue weighted by Crippen LogP contribution is -2.60. The van der Waals surface area contributed by atoms with Gasteiger partial charge in [0.1, 0.15) is 18.1 Å². The molecule has 3 fully saturated rings. The molecule has 3 heterocycles. The predicted octanol–water partition coefficient (Wildman–Crippen LogP) is 1.45. The molecule has 3 aliphatic rings. The van der Waals surface area contributed by atoms with Crippen LogP contribution >= 0.6 is 0 Å². The van der Waals surface area contributed by atoms with E-state index in [1.807, 2.05) is 46.8 Å². The maximum absolute atomic E-state index is 14.1. The molecule has 0 radical (unpaired) electrons. The van der Waals surface area contributed by atoms with Gasteiger partial charge < -0.3 is 49.6 Å². The van der Waals surface area contributed by atoms with Gasteiger partial charge in [0.25, 0.3) is 0 Å². The minimum Gasteiger partial charge on any atom is -0.458 e. The van der Waals surface area contributed by atoms with Gasteiger partial charge in [-0.05, 0) is 80.6 Å². The van der Waals surface area contributed by atoms with Crippen molar-refractivity contribution in [1.29, 1.82) is 0 Å². The monoisotopic (exact) mass is 642 g/mol. The van der Waals surface area contributed by atoms with Crippen LogP contribution in [0.4, 0.5) is 4.79 Å². The largest absolute Gasteiger partial charge is 0.458 e. The van der Waals surface area contributed by atoms with Crippen molar-refractivity contribution < 1.29 is 43.2 Å². The van der Waals surface area contributed by atoms with E-state index in [9.17, 15) is 19.5 Å². The summed E-state index contributed by atoms with van der Waals surface area (Å²) < 4.78 is 30.8. The number of hydrogen-bond acceptors (Lipinski definition) is 12. The normalized spacial score (nSPS) is 43.9. The Balaban J connectivity index is 2.03. The molecule has 260 valence electrons. The molecule has 13 nitrogen and oxygen atoms in total. The van der Waals surface area contributed by atoms with Crippen LogP contribution in [-0.4, -0.2) is 129 Å². The van der Waals surface area contributed by atoms with Gasteiger partial charge in [-0.2, -0.15) is 0 Å². The molecule has 0 saturated carbocycles. The third-order valence-electron chi connectivity index (χ3n) is 10.1. The number of rotatable bonds is 7. The van der Waals surface area contributed by atoms with Crippen LogP contribution in [0.5, 0.6) is 0 Å². The molecule has 13 heteroatoms. The highest BCUT2D eigenvalue weighted by Crippen LogP contribution is 2.37. The lowest BCUT2D eigenvalue weighted by molar-refractivity contribution is -0.296. The third-order valence-corrected chi connectivity index (χ3v) is 10.1. The summed E-state index contributed by atoms with van der Waals surface area (Å²) in [5, 5.41) is 21.0. The number of aliphatic hydroxyl groups is 1. The fourth-order valence-electron chi connectivity index (χ4n) is 7.38. The zero-order chi connectivity index (χ0) is 33.9. The first-order valence-corrected chi connectivity index (χ1v) is 16.3. The Labute approximate surface area is 268 Å². The zero-order valence-corrected chi connectivity index (χ0v) is 29.0. The van der Waals surface area contributed by atoms with Crippen molar-refractivity contribution in [3.8, 4) is 0 Å². The first kappa shape index (κ1) is 37.6. The number of cyclic esters (lactones) is 1. The zero-order valence-electron chi connectivity index (χ0n) is 29.0. The van der Waals surface area contributed by atoms with E-state index >= 15 is 0 Å². The summed E-state index contributed by atoms with van der Waals surface area (Å²) in [5.74, 6) is -3.05. The average molecular weight is 643 g/mol. The molecule has 3 aliphatic heterocycles. The van der Waals surface area contributed by atoms with Crippen LogP contribution < -0.4 is 16.0 Å². The number of ketones is 1. The molecule has 0 aromatic heterocycles. The van der Waals surface area contributed by atoms with Gasteiger partial charge in [-0.1, -0.05) is 20.8 Å². The van der Waals surface area contributed by atoms with Crippen molar-refractivity contribution >= 4 is 17.8 Å². The topological polar surface area (TPSA) is 157 Å². The Morgan fingerprint density at radius 3 is 2.38 bits per heavy atom. The Morgan fingerprint density at radius 2 is 1.80 bits per heavy atom. The first-order valence-electron chi connectivity index (χ1n) is 16.3. The summed E-state index contributed by atoms with van der Waals surface area (Å²) in [7, 11) is 7.22. The van der Waals surface area contributed by atoms with E-state index in [1.165, 1.54) is 6.92 Å². The van der Waals surface area contributed by atoms with E-state index in [1.54, 1.807) is 21.0 Å². The van der Waals surface area contributed by atoms with Crippen molar-refractivity contribution in [2.75, 3.05) is 41.3 Å². The molecule has 4 N–H and O–H groups in total. The summed E-state index contributed by atoms with van der Waals surface area (Å²) in [5.41, 5.74) is -2.17. The SMILES string of the molecule is CC[C@H]1OC(=O)[C@H](C)C(=O)[C@H](C)[C@@H](O[C@@H]2OC(CNC)CC(N(C)C)C2O)[C@](C)(OC)C[C@@H](C)CN[C@H](C)[C@H]2NC(=O)O[C@@]21C. The molecule has 13 atom stereocenters. The molecular weight excluding hydrogens is 584 g/mol. The van der Waals surface area contributed by atoms with Gasteiger partial charge in [-0.3, -0.25) is 9.59 Å². The lowest BCUT2D eigenvalue weighted by atomic mass is 9.78. The Morgan fingerprint density at radius 1 is 1.13 bits per heavy atom. The number of hydrogen-bond donors (Lipinski definition) is 4. The number of alkyl carbamates (subject to hydrolysis) is 1. The van der Waals surface area contributed by atoms with Crippen molar-refractivity contribution in [3.05, 3.63) is 0 Å². The van der Waals surface area contributed by atoms with Gasteiger partial charge in [-0.25, -0.2) is 4.79 Å². The molecule has 0 aromatic rings. The van der Waals surface area contributed by atoms with E-state index in [4.69, 9.17) is 23.7 Å². The molecule has 3 rings (SSSR count). The van der Waals surface area contributed by atoms with E-state index in [2.05, 4.69) is 22.9 Å². The number of amides is 1. The average Bonchev–Trinajstić information content (AvgIpc) is 3.31. The van der Waals surface area contributed by atoms with Crippen molar-refractivity contribution in [1.82, 2.24) is 20.9 Å². The van der Waals surface area contributed by atoms with E-state index < -0.39 is 65.7 Å². The number of ether oxygens (including phenoxy) is 5. The minimum absolute atomic E-state index is 0.0289. The minimum atomic E-state index is -1.15. The maximum atomic E-state index is 14.1. The van der Waals surface area contributed by atoms with Crippen LogP contribution in [0.25, 0.3) is 0 Å². The lowest BCUT2D eigenvalue weighted by Gasteiger charge is -2.47.